The molecule has 23 heavy (non-hydrogen) atoms. The lowest BCUT2D eigenvalue weighted by Gasteiger charge is -2.29. The second kappa shape index (κ2) is 7.54. The highest BCUT2D eigenvalue weighted by atomic mass is 35.5. The van der Waals surface area contributed by atoms with Crippen LogP contribution in [-0.2, 0) is 0 Å². The van der Waals surface area contributed by atoms with Crippen molar-refractivity contribution in [2.75, 3.05) is 6.54 Å². The van der Waals surface area contributed by atoms with Crippen LogP contribution >= 0.6 is 11.6 Å². The van der Waals surface area contributed by atoms with Gasteiger partial charge in [0.2, 0.25) is 0 Å². The molecule has 0 aromatic heterocycles. The second-order valence-electron chi connectivity index (χ2n) is 6.71. The maximum atomic E-state index is 12.7. The molecule has 2 unspecified atom stereocenters. The molecule has 1 aromatic rings. The van der Waals surface area contributed by atoms with Crippen LogP contribution in [0.1, 0.15) is 55.8 Å². The Morgan fingerprint density at radius 3 is 2.83 bits per heavy atom. The number of benzene rings is 1. The predicted molar refractivity (Wildman–Crippen MR) is 92.3 cm³/mol. The van der Waals surface area contributed by atoms with E-state index in [0.29, 0.717) is 22.4 Å². The van der Waals surface area contributed by atoms with Crippen molar-refractivity contribution in [3.8, 4) is 5.75 Å². The van der Waals surface area contributed by atoms with E-state index in [4.69, 9.17) is 16.3 Å². The predicted octanol–water partition coefficient (Wildman–Crippen LogP) is 3.53. The summed E-state index contributed by atoms with van der Waals surface area (Å²) in [5, 5.41) is 7.10. The Morgan fingerprint density at radius 2 is 2.09 bits per heavy atom. The monoisotopic (exact) mass is 336 g/mol. The molecule has 4 nitrogen and oxygen atoms in total. The molecule has 1 saturated carbocycles. The fraction of sp³-hybridized carbons (Fsp3) is 0.611. The topological polar surface area (TPSA) is 50.4 Å². The molecule has 0 bridgehead atoms. The number of ether oxygens (including phenoxy) is 1. The van der Waals surface area contributed by atoms with Gasteiger partial charge in [-0.1, -0.05) is 11.6 Å². The van der Waals surface area contributed by atoms with Gasteiger partial charge in [0, 0.05) is 17.1 Å². The summed E-state index contributed by atoms with van der Waals surface area (Å²) < 4.78 is 6.06. The van der Waals surface area contributed by atoms with Crippen LogP contribution in [0.15, 0.2) is 18.2 Å². The highest BCUT2D eigenvalue weighted by Gasteiger charge is 2.24. The van der Waals surface area contributed by atoms with Crippen molar-refractivity contribution in [3.63, 3.8) is 0 Å². The molecule has 2 atom stereocenters. The number of carbonyl (C=O) groups is 1. The van der Waals surface area contributed by atoms with Gasteiger partial charge < -0.3 is 15.4 Å². The third kappa shape index (κ3) is 4.39. The van der Waals surface area contributed by atoms with Gasteiger partial charge in [0.05, 0.1) is 11.7 Å². The van der Waals surface area contributed by atoms with Crippen LogP contribution in [0.4, 0.5) is 0 Å². The average Bonchev–Trinajstić information content (AvgIpc) is 3.02. The number of amides is 1. The maximum Gasteiger partial charge on any atom is 0.255 e. The summed E-state index contributed by atoms with van der Waals surface area (Å²) in [7, 11) is 0. The Balaban J connectivity index is 1.71. The minimum Gasteiger partial charge on any atom is -0.490 e. The number of carbonyl (C=O) groups excluding carboxylic acids is 1. The molecule has 3 rings (SSSR count). The molecular formula is C18H25ClN2O2. The van der Waals surface area contributed by atoms with E-state index >= 15 is 0 Å². The molecule has 0 spiro atoms. The lowest BCUT2D eigenvalue weighted by atomic mass is 10.00. The summed E-state index contributed by atoms with van der Waals surface area (Å²) in [4.78, 5) is 12.7. The van der Waals surface area contributed by atoms with Gasteiger partial charge in [-0.3, -0.25) is 4.79 Å². The van der Waals surface area contributed by atoms with E-state index in [1.54, 1.807) is 12.1 Å². The van der Waals surface area contributed by atoms with E-state index in [1.165, 1.54) is 12.8 Å². The van der Waals surface area contributed by atoms with E-state index < -0.39 is 0 Å². The van der Waals surface area contributed by atoms with E-state index in [1.807, 2.05) is 6.07 Å². The number of hydrogen-bond donors (Lipinski definition) is 2. The average molecular weight is 337 g/mol. The Labute approximate surface area is 142 Å². The first-order valence-electron chi connectivity index (χ1n) is 8.62. The number of rotatable bonds is 4. The third-order valence-electron chi connectivity index (χ3n) is 4.74. The zero-order chi connectivity index (χ0) is 16.2. The van der Waals surface area contributed by atoms with Crippen molar-refractivity contribution >= 4 is 17.5 Å². The molecule has 1 saturated heterocycles. The number of hydrogen-bond acceptors (Lipinski definition) is 3. The first-order chi connectivity index (χ1) is 11.1. The molecule has 126 valence electrons. The molecule has 1 aliphatic heterocycles. The maximum absolute atomic E-state index is 12.7. The van der Waals surface area contributed by atoms with Gasteiger partial charge in [0.15, 0.2) is 0 Å². The molecule has 1 aromatic carbocycles. The van der Waals surface area contributed by atoms with Gasteiger partial charge in [0.25, 0.3) is 5.91 Å². The smallest absolute Gasteiger partial charge is 0.255 e. The fourth-order valence-corrected chi connectivity index (χ4v) is 3.67. The standard InChI is InChI=1S/C18H25ClN2O2/c1-12-10-14(8-9-20-12)21-18(22)16-11-13(19)6-7-17(16)23-15-4-2-3-5-15/h6-7,11-12,14-15,20H,2-5,8-10H2,1H3,(H,21,22). The van der Waals surface area contributed by atoms with E-state index in [0.717, 1.165) is 32.2 Å². The summed E-state index contributed by atoms with van der Waals surface area (Å²) in [6.45, 7) is 3.08. The van der Waals surface area contributed by atoms with Gasteiger partial charge in [0.1, 0.15) is 5.75 Å². The largest absolute Gasteiger partial charge is 0.490 e. The number of piperidine rings is 1. The van der Waals surface area contributed by atoms with Crippen molar-refractivity contribution in [1.82, 2.24) is 10.6 Å². The number of halogens is 1. The summed E-state index contributed by atoms with van der Waals surface area (Å²) in [6, 6.07) is 5.96. The van der Waals surface area contributed by atoms with Crippen LogP contribution in [0.3, 0.4) is 0 Å². The molecular weight excluding hydrogens is 312 g/mol. The van der Waals surface area contributed by atoms with Gasteiger partial charge in [-0.25, -0.2) is 0 Å². The lowest BCUT2D eigenvalue weighted by Crippen LogP contribution is -2.46. The Morgan fingerprint density at radius 1 is 1.30 bits per heavy atom. The van der Waals surface area contributed by atoms with E-state index in [2.05, 4.69) is 17.6 Å². The van der Waals surface area contributed by atoms with Gasteiger partial charge in [-0.05, 0) is 70.2 Å². The third-order valence-corrected chi connectivity index (χ3v) is 4.98. The highest BCUT2D eigenvalue weighted by molar-refractivity contribution is 6.31. The molecule has 2 aliphatic rings. The molecule has 1 heterocycles. The van der Waals surface area contributed by atoms with Crippen LogP contribution in [0.5, 0.6) is 5.75 Å². The number of nitrogens with one attached hydrogen (secondary N) is 2. The summed E-state index contributed by atoms with van der Waals surface area (Å²) >= 11 is 6.10. The first-order valence-corrected chi connectivity index (χ1v) is 9.00. The van der Waals surface area contributed by atoms with Crippen molar-refractivity contribution in [3.05, 3.63) is 28.8 Å². The Kier molecular flexibility index (Phi) is 5.44. The van der Waals surface area contributed by atoms with Crippen molar-refractivity contribution < 1.29 is 9.53 Å². The zero-order valence-corrected chi connectivity index (χ0v) is 14.4. The van der Waals surface area contributed by atoms with Crippen LogP contribution in [-0.4, -0.2) is 30.6 Å². The molecule has 0 radical (unpaired) electrons. The fourth-order valence-electron chi connectivity index (χ4n) is 3.49. The minimum absolute atomic E-state index is 0.0837. The molecule has 2 fully saturated rings. The van der Waals surface area contributed by atoms with Gasteiger partial charge in [-0.2, -0.15) is 0 Å². The second-order valence-corrected chi connectivity index (χ2v) is 7.15. The highest BCUT2D eigenvalue weighted by Crippen LogP contribution is 2.29. The molecule has 1 amide bonds. The molecule has 1 aliphatic carbocycles. The normalized spacial score (nSPS) is 25.3. The van der Waals surface area contributed by atoms with Crippen LogP contribution in [0.2, 0.25) is 5.02 Å². The Hall–Kier alpha value is -1.26. The van der Waals surface area contributed by atoms with E-state index in [-0.39, 0.29) is 18.1 Å². The van der Waals surface area contributed by atoms with E-state index in [9.17, 15) is 4.79 Å². The minimum atomic E-state index is -0.0837. The van der Waals surface area contributed by atoms with Crippen molar-refractivity contribution in [2.24, 2.45) is 0 Å². The summed E-state index contributed by atoms with van der Waals surface area (Å²) in [5.41, 5.74) is 0.551. The van der Waals surface area contributed by atoms with Crippen LogP contribution < -0.4 is 15.4 Å². The Bertz CT molecular complexity index is 558. The van der Waals surface area contributed by atoms with Crippen LogP contribution in [0, 0.1) is 0 Å². The lowest BCUT2D eigenvalue weighted by molar-refractivity contribution is 0.0918. The first kappa shape index (κ1) is 16.6. The summed E-state index contributed by atoms with van der Waals surface area (Å²) in [6.07, 6.45) is 6.66. The molecule has 5 heteroatoms. The van der Waals surface area contributed by atoms with Gasteiger partial charge >= 0.3 is 0 Å². The quantitative estimate of drug-likeness (QED) is 0.884. The van der Waals surface area contributed by atoms with Crippen LogP contribution in [0.25, 0.3) is 0 Å². The summed E-state index contributed by atoms with van der Waals surface area (Å²) in [5.74, 6) is 0.570. The van der Waals surface area contributed by atoms with Crippen molar-refractivity contribution in [2.45, 2.75) is 63.6 Å². The SMILES string of the molecule is CC1CC(NC(=O)c2cc(Cl)ccc2OC2CCCC2)CCN1. The molecule has 2 N–H and O–H groups in total. The van der Waals surface area contributed by atoms with Gasteiger partial charge in [-0.15, -0.1) is 0 Å². The van der Waals surface area contributed by atoms with Crippen molar-refractivity contribution in [1.29, 1.82) is 0 Å². The zero-order valence-electron chi connectivity index (χ0n) is 13.6.